The number of allylic oxidation sites excluding steroid dienone is 2. The second-order valence-electron chi connectivity index (χ2n) is 5.86. The third-order valence-electron chi connectivity index (χ3n) is 3.07. The quantitative estimate of drug-likeness (QED) is 0.437. The van der Waals surface area contributed by atoms with Crippen molar-refractivity contribution in [1.29, 1.82) is 0 Å². The lowest BCUT2D eigenvalue weighted by Crippen LogP contribution is -2.27. The minimum Gasteiger partial charge on any atom is -0.454 e. The Labute approximate surface area is 109 Å². The lowest BCUT2D eigenvalue weighted by Gasteiger charge is -2.30. The lowest BCUT2D eigenvalue weighted by molar-refractivity contribution is -0.146. The molecule has 0 bridgehead atoms. The van der Waals surface area contributed by atoms with Crippen molar-refractivity contribution in [3.8, 4) is 0 Å². The van der Waals surface area contributed by atoms with Crippen LogP contribution in [0.1, 0.15) is 41.0 Å². The molecule has 0 aliphatic heterocycles. The van der Waals surface area contributed by atoms with Crippen LogP contribution in [0.5, 0.6) is 0 Å². The molecule has 0 unspecified atom stereocenters. The van der Waals surface area contributed by atoms with E-state index in [2.05, 4.69) is 0 Å². The summed E-state index contributed by atoms with van der Waals surface area (Å²) >= 11 is 0. The monoisotopic (exact) mass is 250 g/mol. The molecule has 0 aromatic heterocycles. The maximum absolute atomic E-state index is 11.7. The van der Waals surface area contributed by atoms with Crippen molar-refractivity contribution >= 4 is 12.3 Å². The molecule has 100 valence electrons. The van der Waals surface area contributed by atoms with Gasteiger partial charge in [0.2, 0.25) is 0 Å². The summed E-state index contributed by atoms with van der Waals surface area (Å²) in [4.78, 5) is 22.7. The van der Waals surface area contributed by atoms with Gasteiger partial charge in [0.05, 0.1) is 0 Å². The molecular formula is C15H22O3. The van der Waals surface area contributed by atoms with Gasteiger partial charge in [-0.25, -0.2) is 0 Å². The first-order chi connectivity index (χ1) is 8.26. The summed E-state index contributed by atoms with van der Waals surface area (Å²) in [5.74, 6) is 0.0558. The van der Waals surface area contributed by atoms with Gasteiger partial charge in [-0.2, -0.15) is 0 Å². The molecule has 0 fully saturated rings. The zero-order valence-electron chi connectivity index (χ0n) is 11.8. The zero-order valence-corrected chi connectivity index (χ0v) is 11.8. The van der Waals surface area contributed by atoms with Crippen molar-refractivity contribution in [2.45, 2.75) is 47.1 Å². The lowest BCUT2D eigenvalue weighted by atomic mass is 9.78. The average molecular weight is 250 g/mol. The Hall–Kier alpha value is -1.38. The number of hydrogen-bond acceptors (Lipinski definition) is 3. The normalized spacial score (nSPS) is 22.2. The summed E-state index contributed by atoms with van der Waals surface area (Å²) in [6, 6.07) is 0. The van der Waals surface area contributed by atoms with Crippen LogP contribution < -0.4 is 0 Å². The summed E-state index contributed by atoms with van der Waals surface area (Å²) < 4.78 is 5.40. The number of hydrogen-bond donors (Lipinski definition) is 0. The third-order valence-corrected chi connectivity index (χ3v) is 3.07. The molecule has 0 saturated heterocycles. The standard InChI is InChI=1S/C15H22O3/c1-10(2)6-14(17)18-13-7-12(9-16)15(4,5)8-11(13)3/h7-10,13H,6H2,1-5H3/t13-/m1/s1. The molecule has 0 saturated carbocycles. The second-order valence-corrected chi connectivity index (χ2v) is 5.86. The van der Waals surface area contributed by atoms with E-state index >= 15 is 0 Å². The van der Waals surface area contributed by atoms with E-state index in [1.54, 1.807) is 6.08 Å². The highest BCUT2D eigenvalue weighted by Gasteiger charge is 2.29. The van der Waals surface area contributed by atoms with E-state index in [4.69, 9.17) is 4.74 Å². The Balaban J connectivity index is 2.82. The fourth-order valence-corrected chi connectivity index (χ4v) is 2.09. The summed E-state index contributed by atoms with van der Waals surface area (Å²) in [7, 11) is 0. The van der Waals surface area contributed by atoms with Gasteiger partial charge in [-0.05, 0) is 24.5 Å². The fraction of sp³-hybridized carbons (Fsp3) is 0.600. The number of carbonyl (C=O) groups excluding carboxylic acids is 2. The van der Waals surface area contributed by atoms with Crippen LogP contribution in [0.25, 0.3) is 0 Å². The Morgan fingerprint density at radius 3 is 2.61 bits per heavy atom. The van der Waals surface area contributed by atoms with Crippen LogP contribution in [0.3, 0.4) is 0 Å². The van der Waals surface area contributed by atoms with E-state index < -0.39 is 6.10 Å². The van der Waals surface area contributed by atoms with E-state index in [0.717, 1.165) is 11.9 Å². The van der Waals surface area contributed by atoms with Gasteiger partial charge in [0.15, 0.2) is 0 Å². The largest absolute Gasteiger partial charge is 0.454 e. The number of rotatable bonds is 4. The maximum atomic E-state index is 11.7. The topological polar surface area (TPSA) is 43.4 Å². The first kappa shape index (κ1) is 14.7. The van der Waals surface area contributed by atoms with E-state index in [0.29, 0.717) is 12.0 Å². The predicted octanol–water partition coefficient (Wildman–Crippen LogP) is 3.06. The fourth-order valence-electron chi connectivity index (χ4n) is 2.09. The molecule has 0 N–H and O–H groups in total. The van der Waals surface area contributed by atoms with Crippen LogP contribution in [0.4, 0.5) is 0 Å². The summed E-state index contributed by atoms with van der Waals surface area (Å²) in [5, 5.41) is 0. The first-order valence-electron chi connectivity index (χ1n) is 6.32. The molecule has 0 aromatic carbocycles. The molecule has 1 aliphatic rings. The third kappa shape index (κ3) is 3.56. The van der Waals surface area contributed by atoms with E-state index in [9.17, 15) is 9.59 Å². The molecule has 0 radical (unpaired) electrons. The molecule has 1 atom stereocenters. The van der Waals surface area contributed by atoms with Gasteiger partial charge >= 0.3 is 5.97 Å². The van der Waals surface area contributed by atoms with Crippen molar-refractivity contribution < 1.29 is 14.3 Å². The molecule has 3 nitrogen and oxygen atoms in total. The Kier molecular flexibility index (Phi) is 4.49. The molecule has 0 spiro atoms. The summed E-state index contributed by atoms with van der Waals surface area (Å²) in [6.45, 7) is 9.82. The molecule has 18 heavy (non-hydrogen) atoms. The first-order valence-corrected chi connectivity index (χ1v) is 6.32. The zero-order chi connectivity index (χ0) is 13.9. The van der Waals surface area contributed by atoms with Crippen LogP contribution in [-0.4, -0.2) is 18.4 Å². The molecule has 1 aliphatic carbocycles. The molecular weight excluding hydrogens is 228 g/mol. The smallest absolute Gasteiger partial charge is 0.306 e. The van der Waals surface area contributed by atoms with Gasteiger partial charge in [0, 0.05) is 17.4 Å². The van der Waals surface area contributed by atoms with Crippen molar-refractivity contribution in [2.75, 3.05) is 0 Å². The van der Waals surface area contributed by atoms with Gasteiger partial charge in [0.25, 0.3) is 0 Å². The molecule has 0 aromatic rings. The summed E-state index contributed by atoms with van der Waals surface area (Å²) in [5.41, 5.74) is 1.35. The highest BCUT2D eigenvalue weighted by molar-refractivity contribution is 5.78. The number of carbonyl (C=O) groups is 2. The van der Waals surface area contributed by atoms with Crippen LogP contribution >= 0.6 is 0 Å². The average Bonchev–Trinajstić information content (AvgIpc) is 2.20. The van der Waals surface area contributed by atoms with Crippen LogP contribution in [0.15, 0.2) is 23.3 Å². The number of ether oxygens (including phenoxy) is 1. The second kappa shape index (κ2) is 5.51. The Bertz CT molecular complexity index is 400. The van der Waals surface area contributed by atoms with Gasteiger partial charge in [-0.15, -0.1) is 0 Å². The highest BCUT2D eigenvalue weighted by atomic mass is 16.5. The van der Waals surface area contributed by atoms with E-state index in [1.165, 1.54) is 0 Å². The Morgan fingerprint density at radius 2 is 2.11 bits per heavy atom. The van der Waals surface area contributed by atoms with Crippen molar-refractivity contribution in [1.82, 2.24) is 0 Å². The van der Waals surface area contributed by atoms with Crippen molar-refractivity contribution in [3.63, 3.8) is 0 Å². The predicted molar refractivity (Wildman–Crippen MR) is 71.0 cm³/mol. The highest BCUT2D eigenvalue weighted by Crippen LogP contribution is 2.34. The molecule has 3 heteroatoms. The van der Waals surface area contributed by atoms with Gasteiger partial charge in [-0.3, -0.25) is 9.59 Å². The summed E-state index contributed by atoms with van der Waals surface area (Å²) in [6.07, 6.45) is 4.58. The van der Waals surface area contributed by atoms with Crippen LogP contribution in [0, 0.1) is 11.3 Å². The number of aldehydes is 1. The SMILES string of the molecule is CC1=CC(C)(C)C(C=O)=C[C@H]1OC(=O)CC(C)C. The van der Waals surface area contributed by atoms with Gasteiger partial charge in [0.1, 0.15) is 12.4 Å². The maximum Gasteiger partial charge on any atom is 0.306 e. The Morgan fingerprint density at radius 1 is 1.50 bits per heavy atom. The van der Waals surface area contributed by atoms with Gasteiger partial charge < -0.3 is 4.74 Å². The molecule has 0 amide bonds. The molecule has 0 heterocycles. The van der Waals surface area contributed by atoms with Gasteiger partial charge in [-0.1, -0.05) is 33.8 Å². The minimum atomic E-state index is -0.399. The van der Waals surface area contributed by atoms with E-state index in [-0.39, 0.29) is 17.3 Å². The van der Waals surface area contributed by atoms with Crippen molar-refractivity contribution in [2.24, 2.45) is 11.3 Å². The van der Waals surface area contributed by atoms with Crippen LogP contribution in [-0.2, 0) is 14.3 Å². The molecule has 1 rings (SSSR count). The van der Waals surface area contributed by atoms with Crippen LogP contribution in [0.2, 0.25) is 0 Å². The van der Waals surface area contributed by atoms with Crippen molar-refractivity contribution in [3.05, 3.63) is 23.3 Å². The minimum absolute atomic E-state index is 0.219. The number of esters is 1. The van der Waals surface area contributed by atoms with E-state index in [1.807, 2.05) is 40.7 Å².